The Morgan fingerprint density at radius 2 is 1.31 bits per heavy atom. The number of hydrogen-bond acceptors (Lipinski definition) is 5. The van der Waals surface area contributed by atoms with E-state index in [2.05, 4.69) is 80.0 Å². The molecule has 3 aromatic heterocycles. The van der Waals surface area contributed by atoms with Crippen LogP contribution in [-0.2, 0) is 0 Å². The maximum absolute atomic E-state index is 5.11. The Balaban J connectivity index is 1.30. The number of anilines is 2. The van der Waals surface area contributed by atoms with E-state index in [1.54, 1.807) is 0 Å². The highest BCUT2D eigenvalue weighted by Crippen LogP contribution is 2.29. The van der Waals surface area contributed by atoms with Gasteiger partial charge in [-0.25, -0.2) is 14.6 Å². The van der Waals surface area contributed by atoms with Gasteiger partial charge in [0, 0.05) is 37.0 Å². The van der Waals surface area contributed by atoms with Crippen LogP contribution in [0.25, 0.3) is 27.6 Å². The molecule has 0 saturated carbocycles. The van der Waals surface area contributed by atoms with Crippen LogP contribution >= 0.6 is 0 Å². The summed E-state index contributed by atoms with van der Waals surface area (Å²) in [5.74, 6) is 2.09. The van der Waals surface area contributed by atoms with Crippen molar-refractivity contribution >= 4 is 33.6 Å². The fourth-order valence-electron chi connectivity index (χ4n) is 5.27. The SMILES string of the molecule is Cc1cc(N2CCN(c3cc(C)c4c(C)nn(-c5ccccc5)c4n3)CC2)nc2c(C)cccc12. The number of aryl methyl sites for hydroxylation is 4. The first kappa shape index (κ1) is 21.6. The van der Waals surface area contributed by atoms with Crippen molar-refractivity contribution in [1.29, 1.82) is 0 Å². The molecule has 176 valence electrons. The summed E-state index contributed by atoms with van der Waals surface area (Å²) in [6, 6.07) is 21.1. The van der Waals surface area contributed by atoms with Crippen LogP contribution in [-0.4, -0.2) is 45.9 Å². The molecule has 0 aliphatic carbocycles. The average Bonchev–Trinajstić information content (AvgIpc) is 3.22. The van der Waals surface area contributed by atoms with Crippen molar-refractivity contribution in [2.24, 2.45) is 0 Å². The monoisotopic (exact) mass is 462 g/mol. The zero-order valence-corrected chi connectivity index (χ0v) is 20.8. The van der Waals surface area contributed by atoms with Crippen molar-refractivity contribution < 1.29 is 0 Å². The quantitative estimate of drug-likeness (QED) is 0.353. The molecule has 0 atom stereocenters. The summed E-state index contributed by atoms with van der Waals surface area (Å²) in [5.41, 5.74) is 7.80. The van der Waals surface area contributed by atoms with Crippen LogP contribution < -0.4 is 9.80 Å². The van der Waals surface area contributed by atoms with Gasteiger partial charge >= 0.3 is 0 Å². The van der Waals surface area contributed by atoms with Crippen molar-refractivity contribution in [3.63, 3.8) is 0 Å². The smallest absolute Gasteiger partial charge is 0.165 e. The van der Waals surface area contributed by atoms with Crippen molar-refractivity contribution in [3.05, 3.63) is 83.0 Å². The third-order valence-corrected chi connectivity index (χ3v) is 7.16. The highest BCUT2D eigenvalue weighted by Gasteiger charge is 2.22. The van der Waals surface area contributed by atoms with Gasteiger partial charge in [0.15, 0.2) is 5.65 Å². The molecule has 6 rings (SSSR count). The summed E-state index contributed by atoms with van der Waals surface area (Å²) in [4.78, 5) is 14.9. The predicted octanol–water partition coefficient (Wildman–Crippen LogP) is 5.53. The third-order valence-electron chi connectivity index (χ3n) is 7.16. The normalized spacial score (nSPS) is 14.3. The molecule has 6 heteroatoms. The fourth-order valence-corrected chi connectivity index (χ4v) is 5.27. The fraction of sp³-hybridized carbons (Fsp3) is 0.276. The van der Waals surface area contributed by atoms with Gasteiger partial charge in [0.2, 0.25) is 0 Å². The van der Waals surface area contributed by atoms with Crippen LogP contribution in [0.15, 0.2) is 60.7 Å². The van der Waals surface area contributed by atoms with E-state index in [0.717, 1.165) is 65.7 Å². The second-order valence-corrected chi connectivity index (χ2v) is 9.57. The molecular formula is C29H30N6. The number of piperazine rings is 1. The van der Waals surface area contributed by atoms with Crippen molar-refractivity contribution in [3.8, 4) is 5.69 Å². The molecule has 1 fully saturated rings. The number of pyridine rings is 2. The lowest BCUT2D eigenvalue weighted by Gasteiger charge is -2.36. The zero-order chi connectivity index (χ0) is 24.1. The Morgan fingerprint density at radius 3 is 2.03 bits per heavy atom. The van der Waals surface area contributed by atoms with Gasteiger partial charge in [0.05, 0.1) is 16.9 Å². The number of para-hydroxylation sites is 2. The lowest BCUT2D eigenvalue weighted by Crippen LogP contribution is -2.47. The number of rotatable bonds is 3. The van der Waals surface area contributed by atoms with E-state index in [1.165, 1.54) is 22.1 Å². The molecular weight excluding hydrogens is 432 g/mol. The topological polar surface area (TPSA) is 50.1 Å². The lowest BCUT2D eigenvalue weighted by atomic mass is 10.1. The van der Waals surface area contributed by atoms with Crippen molar-refractivity contribution in [1.82, 2.24) is 19.7 Å². The molecule has 0 radical (unpaired) electrons. The van der Waals surface area contributed by atoms with Crippen LogP contribution in [0.2, 0.25) is 0 Å². The highest BCUT2D eigenvalue weighted by molar-refractivity contribution is 5.87. The first-order valence-electron chi connectivity index (χ1n) is 12.3. The summed E-state index contributed by atoms with van der Waals surface area (Å²) >= 11 is 0. The maximum atomic E-state index is 5.11. The van der Waals surface area contributed by atoms with Crippen LogP contribution in [0, 0.1) is 27.7 Å². The minimum atomic E-state index is 0.906. The number of aromatic nitrogens is 4. The molecule has 0 amide bonds. The van der Waals surface area contributed by atoms with Crippen LogP contribution in [0.1, 0.15) is 22.4 Å². The van der Waals surface area contributed by atoms with Crippen LogP contribution in [0.5, 0.6) is 0 Å². The average molecular weight is 463 g/mol. The number of hydrogen-bond donors (Lipinski definition) is 0. The summed E-state index contributed by atoms with van der Waals surface area (Å²) in [6.07, 6.45) is 0. The van der Waals surface area contributed by atoms with E-state index in [9.17, 15) is 0 Å². The standard InChI is InChI=1S/C29H30N6/c1-19-9-8-12-24-20(2)17-25(30-28(19)24)33-13-15-34(16-14-33)26-18-21(3)27-22(4)32-35(29(27)31-26)23-10-6-5-7-11-23/h5-12,17-18H,13-16H2,1-4H3. The molecule has 4 heterocycles. The van der Waals surface area contributed by atoms with Crippen LogP contribution in [0.4, 0.5) is 11.6 Å². The molecule has 1 saturated heterocycles. The van der Waals surface area contributed by atoms with E-state index < -0.39 is 0 Å². The van der Waals surface area contributed by atoms with Gasteiger partial charge in [-0.15, -0.1) is 0 Å². The van der Waals surface area contributed by atoms with Gasteiger partial charge in [-0.3, -0.25) is 0 Å². The van der Waals surface area contributed by atoms with E-state index in [1.807, 2.05) is 22.9 Å². The number of nitrogens with zero attached hydrogens (tertiary/aromatic N) is 6. The Labute approximate surface area is 205 Å². The van der Waals surface area contributed by atoms with E-state index in [4.69, 9.17) is 15.1 Å². The van der Waals surface area contributed by atoms with E-state index >= 15 is 0 Å². The first-order chi connectivity index (χ1) is 17.0. The number of benzene rings is 2. The molecule has 1 aliphatic heterocycles. The minimum Gasteiger partial charge on any atom is -0.353 e. The molecule has 0 spiro atoms. The zero-order valence-electron chi connectivity index (χ0n) is 20.8. The second kappa shape index (κ2) is 8.38. The van der Waals surface area contributed by atoms with Gasteiger partial charge in [-0.1, -0.05) is 36.4 Å². The summed E-state index contributed by atoms with van der Waals surface area (Å²) in [7, 11) is 0. The molecule has 35 heavy (non-hydrogen) atoms. The molecule has 6 nitrogen and oxygen atoms in total. The van der Waals surface area contributed by atoms with Crippen molar-refractivity contribution in [2.75, 3.05) is 36.0 Å². The summed E-state index contributed by atoms with van der Waals surface area (Å²) in [6.45, 7) is 12.2. The highest BCUT2D eigenvalue weighted by atomic mass is 15.3. The Kier molecular flexibility index (Phi) is 5.17. The van der Waals surface area contributed by atoms with Gasteiger partial charge in [-0.05, 0) is 68.7 Å². The molecule has 0 N–H and O–H groups in total. The van der Waals surface area contributed by atoms with Gasteiger partial charge < -0.3 is 9.80 Å². The number of fused-ring (bicyclic) bond motifs is 2. The van der Waals surface area contributed by atoms with E-state index in [-0.39, 0.29) is 0 Å². The third kappa shape index (κ3) is 3.70. The second-order valence-electron chi connectivity index (χ2n) is 9.57. The Bertz CT molecular complexity index is 1540. The van der Waals surface area contributed by atoms with Gasteiger partial charge in [-0.2, -0.15) is 5.10 Å². The van der Waals surface area contributed by atoms with Gasteiger partial charge in [0.25, 0.3) is 0 Å². The predicted molar refractivity (Wildman–Crippen MR) is 144 cm³/mol. The molecule has 1 aliphatic rings. The van der Waals surface area contributed by atoms with Crippen LogP contribution in [0.3, 0.4) is 0 Å². The van der Waals surface area contributed by atoms with Gasteiger partial charge in [0.1, 0.15) is 11.6 Å². The minimum absolute atomic E-state index is 0.906. The largest absolute Gasteiger partial charge is 0.353 e. The Morgan fingerprint density at radius 1 is 0.657 bits per heavy atom. The first-order valence-corrected chi connectivity index (χ1v) is 12.3. The molecule has 2 aromatic carbocycles. The molecule has 0 unspecified atom stereocenters. The molecule has 5 aromatic rings. The lowest BCUT2D eigenvalue weighted by molar-refractivity contribution is 0.642. The molecule has 0 bridgehead atoms. The summed E-state index contributed by atoms with van der Waals surface area (Å²) < 4.78 is 1.97. The summed E-state index contributed by atoms with van der Waals surface area (Å²) in [5, 5.41) is 7.20. The Hall–Kier alpha value is -3.93. The van der Waals surface area contributed by atoms with Crippen molar-refractivity contribution in [2.45, 2.75) is 27.7 Å². The van der Waals surface area contributed by atoms with E-state index in [0.29, 0.717) is 0 Å². The maximum Gasteiger partial charge on any atom is 0.165 e.